The van der Waals surface area contributed by atoms with E-state index in [1.807, 2.05) is 0 Å². The van der Waals surface area contributed by atoms with E-state index < -0.39 is 10.3 Å². The van der Waals surface area contributed by atoms with Crippen LogP contribution in [0.2, 0.25) is 10.3 Å². The third kappa shape index (κ3) is 5.39. The number of anilines is 1. The van der Waals surface area contributed by atoms with E-state index in [1.165, 1.54) is 18.3 Å². The summed E-state index contributed by atoms with van der Waals surface area (Å²) < 4.78 is 5.48. The van der Waals surface area contributed by atoms with Crippen LogP contribution in [0.5, 0.6) is 5.88 Å². The maximum Gasteiger partial charge on any atom is 0.330 e. The molecule has 0 aliphatic rings. The molecule has 0 fully saturated rings. The van der Waals surface area contributed by atoms with Gasteiger partial charge in [0.2, 0.25) is 5.28 Å². The van der Waals surface area contributed by atoms with Crippen LogP contribution in [0.1, 0.15) is 26.0 Å². The van der Waals surface area contributed by atoms with Gasteiger partial charge in [-0.3, -0.25) is 10.1 Å². The van der Waals surface area contributed by atoms with Crippen molar-refractivity contribution in [1.82, 2.24) is 15.0 Å². The highest BCUT2D eigenvalue weighted by Crippen LogP contribution is 2.29. The molecule has 2 aromatic rings. The molecular weight excluding hydrogens is 395 g/mol. The number of nitro groups is 1. The number of ether oxygens (including phenoxy) is 1. The van der Waals surface area contributed by atoms with Gasteiger partial charge in [0.25, 0.3) is 5.88 Å². The zero-order valence-corrected chi connectivity index (χ0v) is 16.1. The van der Waals surface area contributed by atoms with Gasteiger partial charge in [-0.25, -0.2) is 9.97 Å². The van der Waals surface area contributed by atoms with E-state index in [4.69, 9.17) is 27.9 Å². The van der Waals surface area contributed by atoms with E-state index >= 15 is 0 Å². The lowest BCUT2D eigenvalue weighted by Gasteiger charge is -2.15. The molecule has 0 saturated heterocycles. The van der Waals surface area contributed by atoms with E-state index in [0.717, 1.165) is 0 Å². The highest BCUT2D eigenvalue weighted by Gasteiger charge is 2.26. The van der Waals surface area contributed by atoms with E-state index in [-0.39, 0.29) is 23.5 Å². The number of halogens is 2. The van der Waals surface area contributed by atoms with E-state index in [9.17, 15) is 15.4 Å². The molecule has 0 spiro atoms. The Hall–Kier alpha value is -2.70. The van der Waals surface area contributed by atoms with Gasteiger partial charge < -0.3 is 10.1 Å². The maximum absolute atomic E-state index is 11.2. The first kappa shape index (κ1) is 20.6. The summed E-state index contributed by atoms with van der Waals surface area (Å²) in [6.45, 7) is 3.94. The summed E-state index contributed by atoms with van der Waals surface area (Å²) in [5.41, 5.74) is -0.755. The molecule has 0 aromatic carbocycles. The zero-order chi connectivity index (χ0) is 20.0. The van der Waals surface area contributed by atoms with Crippen LogP contribution in [-0.4, -0.2) is 33.0 Å². The Morgan fingerprint density at radius 1 is 1.37 bits per heavy atom. The number of nitriles is 1. The average molecular weight is 411 g/mol. The Balaban J connectivity index is 2.00. The van der Waals surface area contributed by atoms with Gasteiger partial charge >= 0.3 is 5.69 Å². The first-order chi connectivity index (χ1) is 12.7. The number of nitrogens with zero attached hydrogens (tertiary/aromatic N) is 5. The van der Waals surface area contributed by atoms with Gasteiger partial charge in [0, 0.05) is 12.6 Å². The smallest absolute Gasteiger partial charge is 0.330 e. The van der Waals surface area contributed by atoms with E-state index in [0.29, 0.717) is 29.5 Å². The minimum Gasteiger partial charge on any atom is -0.473 e. The van der Waals surface area contributed by atoms with Crippen LogP contribution in [0.25, 0.3) is 0 Å². The average Bonchev–Trinajstić information content (AvgIpc) is 2.63. The lowest BCUT2D eigenvalue weighted by atomic mass is 9.91. The van der Waals surface area contributed by atoms with Gasteiger partial charge in [0.15, 0.2) is 0 Å². The summed E-state index contributed by atoms with van der Waals surface area (Å²) in [5.74, 6) is 0.266. The van der Waals surface area contributed by atoms with Crippen molar-refractivity contribution in [2.75, 3.05) is 18.5 Å². The monoisotopic (exact) mass is 410 g/mol. The predicted octanol–water partition coefficient (Wildman–Crippen LogP) is 3.77. The van der Waals surface area contributed by atoms with Crippen molar-refractivity contribution in [2.45, 2.75) is 25.7 Å². The predicted molar refractivity (Wildman–Crippen MR) is 100 cm³/mol. The van der Waals surface area contributed by atoms with E-state index in [1.54, 1.807) is 13.8 Å². The standard InChI is InChI=1S/C16H16Cl2N6O3/c1-16(2,9-19)12-5-4-11(24(25)26)14(22-12)27-7-3-6-20-13-10(17)8-21-15(18)23-13/h4-5,8H,3,6-7H2,1-2H3,(H,20,21,23). The number of pyridine rings is 1. The van der Waals surface area contributed by atoms with Crippen LogP contribution in [0.3, 0.4) is 0 Å². The molecule has 2 aromatic heterocycles. The fourth-order valence-corrected chi connectivity index (χ4v) is 2.29. The molecule has 27 heavy (non-hydrogen) atoms. The molecule has 0 unspecified atom stereocenters. The molecule has 0 saturated carbocycles. The van der Waals surface area contributed by atoms with Crippen LogP contribution in [0.4, 0.5) is 11.5 Å². The van der Waals surface area contributed by atoms with Crippen LogP contribution >= 0.6 is 23.2 Å². The quantitative estimate of drug-likeness (QED) is 0.301. The van der Waals surface area contributed by atoms with Crippen LogP contribution < -0.4 is 10.1 Å². The first-order valence-corrected chi connectivity index (χ1v) is 8.62. The van der Waals surface area contributed by atoms with Crippen molar-refractivity contribution in [3.05, 3.63) is 44.4 Å². The molecule has 0 radical (unpaired) electrons. The molecular formula is C16H16Cl2N6O3. The molecule has 0 amide bonds. The lowest BCUT2D eigenvalue weighted by Crippen LogP contribution is -2.17. The fraction of sp³-hybridized carbons (Fsp3) is 0.375. The minimum atomic E-state index is -0.891. The number of hydrogen-bond acceptors (Lipinski definition) is 8. The Labute approximate surface area is 165 Å². The fourth-order valence-electron chi connectivity index (χ4n) is 2.00. The largest absolute Gasteiger partial charge is 0.473 e. The zero-order valence-electron chi connectivity index (χ0n) is 14.6. The summed E-state index contributed by atoms with van der Waals surface area (Å²) >= 11 is 11.7. The van der Waals surface area contributed by atoms with Crippen molar-refractivity contribution in [3.8, 4) is 11.9 Å². The first-order valence-electron chi connectivity index (χ1n) is 7.86. The van der Waals surface area contributed by atoms with Crippen LogP contribution in [0, 0.1) is 21.4 Å². The molecule has 0 atom stereocenters. The summed E-state index contributed by atoms with van der Waals surface area (Å²) in [6.07, 6.45) is 1.87. The van der Waals surface area contributed by atoms with Crippen molar-refractivity contribution < 1.29 is 9.66 Å². The SMILES string of the molecule is CC(C)(C#N)c1ccc([N+](=O)[O-])c(OCCCNc2nc(Cl)ncc2Cl)n1. The van der Waals surface area contributed by atoms with Crippen LogP contribution in [-0.2, 0) is 5.41 Å². The molecule has 1 N–H and O–H groups in total. The summed E-state index contributed by atoms with van der Waals surface area (Å²) in [6, 6.07) is 4.85. The second-order valence-electron chi connectivity index (χ2n) is 5.98. The Morgan fingerprint density at radius 3 is 2.78 bits per heavy atom. The molecule has 0 aliphatic heterocycles. The molecule has 11 heteroatoms. The topological polar surface area (TPSA) is 127 Å². The van der Waals surface area contributed by atoms with Gasteiger partial charge in [0.05, 0.1) is 34.9 Å². The van der Waals surface area contributed by atoms with Gasteiger partial charge in [-0.05, 0) is 37.9 Å². The third-order valence-corrected chi connectivity index (χ3v) is 3.98. The molecule has 2 rings (SSSR count). The molecule has 9 nitrogen and oxygen atoms in total. The van der Waals surface area contributed by atoms with Crippen molar-refractivity contribution in [1.29, 1.82) is 5.26 Å². The number of hydrogen-bond donors (Lipinski definition) is 1. The number of rotatable bonds is 8. The van der Waals surface area contributed by atoms with Crippen molar-refractivity contribution >= 4 is 34.7 Å². The van der Waals surface area contributed by atoms with Crippen molar-refractivity contribution in [2.24, 2.45) is 0 Å². The Morgan fingerprint density at radius 2 is 2.11 bits per heavy atom. The van der Waals surface area contributed by atoms with Gasteiger partial charge in [-0.15, -0.1) is 0 Å². The molecule has 142 valence electrons. The highest BCUT2D eigenvalue weighted by atomic mass is 35.5. The second kappa shape index (κ2) is 8.79. The van der Waals surface area contributed by atoms with Crippen molar-refractivity contribution in [3.63, 3.8) is 0 Å². The number of nitrogens with one attached hydrogen (secondary N) is 1. The second-order valence-corrected chi connectivity index (χ2v) is 6.72. The Bertz CT molecular complexity index is 885. The lowest BCUT2D eigenvalue weighted by molar-refractivity contribution is -0.386. The summed E-state index contributed by atoms with van der Waals surface area (Å²) in [5, 5.41) is 23.7. The third-order valence-electron chi connectivity index (χ3n) is 3.52. The molecule has 0 bridgehead atoms. The summed E-state index contributed by atoms with van der Waals surface area (Å²) in [7, 11) is 0. The minimum absolute atomic E-state index is 0.0647. The van der Waals surface area contributed by atoms with Crippen LogP contribution in [0.15, 0.2) is 18.3 Å². The van der Waals surface area contributed by atoms with Gasteiger partial charge in [-0.2, -0.15) is 10.2 Å². The normalized spacial score (nSPS) is 10.9. The molecule has 2 heterocycles. The summed E-state index contributed by atoms with van der Waals surface area (Å²) in [4.78, 5) is 22.4. The van der Waals surface area contributed by atoms with Gasteiger partial charge in [0.1, 0.15) is 10.8 Å². The van der Waals surface area contributed by atoms with E-state index in [2.05, 4.69) is 26.3 Å². The molecule has 0 aliphatic carbocycles. The Kier molecular flexibility index (Phi) is 6.71. The number of aromatic nitrogens is 3. The van der Waals surface area contributed by atoms with Gasteiger partial charge in [-0.1, -0.05) is 11.6 Å². The highest BCUT2D eigenvalue weighted by molar-refractivity contribution is 6.33. The maximum atomic E-state index is 11.2.